The van der Waals surface area contributed by atoms with E-state index in [2.05, 4.69) is 18.3 Å². The van der Waals surface area contributed by atoms with Crippen LogP contribution in [0.25, 0.3) is 0 Å². The van der Waals surface area contributed by atoms with Crippen LogP contribution in [0.5, 0.6) is 5.75 Å². The zero-order valence-electron chi connectivity index (χ0n) is 11.1. The fourth-order valence-corrected chi connectivity index (χ4v) is 2.74. The Balaban J connectivity index is 2.03. The molecular formula is C15H17NO2S. The number of thiophene rings is 1. The summed E-state index contributed by atoms with van der Waals surface area (Å²) in [6, 6.07) is 9.11. The molecule has 100 valence electrons. The van der Waals surface area contributed by atoms with Gasteiger partial charge in [0.05, 0.1) is 6.54 Å². The average Bonchev–Trinajstić information content (AvgIpc) is 2.87. The van der Waals surface area contributed by atoms with E-state index in [-0.39, 0.29) is 11.7 Å². The van der Waals surface area contributed by atoms with Crippen molar-refractivity contribution in [1.29, 1.82) is 0 Å². The van der Waals surface area contributed by atoms with E-state index in [0.29, 0.717) is 17.7 Å². The summed E-state index contributed by atoms with van der Waals surface area (Å²) in [4.78, 5) is 14.5. The van der Waals surface area contributed by atoms with Crippen LogP contribution in [-0.2, 0) is 13.0 Å². The molecule has 19 heavy (non-hydrogen) atoms. The molecule has 4 heteroatoms. The Labute approximate surface area is 116 Å². The molecule has 0 unspecified atom stereocenters. The highest BCUT2D eigenvalue weighted by Crippen LogP contribution is 2.20. The molecule has 0 spiro atoms. The molecule has 0 radical (unpaired) electrons. The third-order valence-corrected chi connectivity index (χ3v) is 4.27. The highest BCUT2D eigenvalue weighted by Gasteiger charge is 2.11. The van der Waals surface area contributed by atoms with Gasteiger partial charge < -0.3 is 10.4 Å². The summed E-state index contributed by atoms with van der Waals surface area (Å²) in [6.07, 6.45) is 1.02. The minimum atomic E-state index is -0.153. The Hall–Kier alpha value is -1.81. The normalized spacial score (nSPS) is 10.4. The van der Waals surface area contributed by atoms with Crippen LogP contribution in [0.1, 0.15) is 32.6 Å². The fraction of sp³-hybridized carbons (Fsp3) is 0.267. The highest BCUT2D eigenvalue weighted by molar-refractivity contribution is 7.11. The SMILES string of the molecule is CCc1ccc(CNC(=O)c2cccc(O)c2C)s1. The largest absolute Gasteiger partial charge is 0.508 e. The van der Waals surface area contributed by atoms with E-state index in [4.69, 9.17) is 0 Å². The first-order valence-corrected chi connectivity index (χ1v) is 7.07. The Morgan fingerprint density at radius 2 is 2.00 bits per heavy atom. The Morgan fingerprint density at radius 1 is 1.26 bits per heavy atom. The number of phenols is 1. The fourth-order valence-electron chi connectivity index (χ4n) is 1.84. The molecule has 2 N–H and O–H groups in total. The summed E-state index contributed by atoms with van der Waals surface area (Å²) in [5.41, 5.74) is 1.13. The van der Waals surface area contributed by atoms with E-state index in [1.165, 1.54) is 4.88 Å². The Morgan fingerprint density at radius 3 is 2.68 bits per heavy atom. The van der Waals surface area contributed by atoms with Crippen LogP contribution < -0.4 is 5.32 Å². The number of amides is 1. The molecule has 0 aliphatic carbocycles. The standard InChI is InChI=1S/C15H17NO2S/c1-3-11-7-8-12(19-11)9-16-15(18)13-5-4-6-14(17)10(13)2/h4-8,17H,3,9H2,1-2H3,(H,16,18). The third-order valence-electron chi connectivity index (χ3n) is 3.04. The van der Waals surface area contributed by atoms with Crippen LogP contribution >= 0.6 is 11.3 Å². The number of benzene rings is 1. The number of hydrogen-bond donors (Lipinski definition) is 2. The lowest BCUT2D eigenvalue weighted by Gasteiger charge is -2.07. The number of carbonyl (C=O) groups excluding carboxylic acids is 1. The molecule has 0 saturated heterocycles. The summed E-state index contributed by atoms with van der Waals surface area (Å²) in [6.45, 7) is 4.38. The zero-order valence-corrected chi connectivity index (χ0v) is 11.9. The molecule has 0 aliphatic rings. The predicted molar refractivity (Wildman–Crippen MR) is 77.7 cm³/mol. The molecule has 2 rings (SSSR count). The minimum Gasteiger partial charge on any atom is -0.508 e. The number of carbonyl (C=O) groups is 1. The summed E-state index contributed by atoms with van der Waals surface area (Å²) < 4.78 is 0. The van der Waals surface area contributed by atoms with Gasteiger partial charge in [-0.15, -0.1) is 11.3 Å². The summed E-state index contributed by atoms with van der Waals surface area (Å²) in [5, 5.41) is 12.5. The maximum absolute atomic E-state index is 12.0. The zero-order chi connectivity index (χ0) is 13.8. The van der Waals surface area contributed by atoms with Crippen molar-refractivity contribution in [2.24, 2.45) is 0 Å². The van der Waals surface area contributed by atoms with E-state index in [9.17, 15) is 9.90 Å². The van der Waals surface area contributed by atoms with Crippen molar-refractivity contribution < 1.29 is 9.90 Å². The number of aryl methyl sites for hydroxylation is 1. The average molecular weight is 275 g/mol. The first-order valence-electron chi connectivity index (χ1n) is 6.26. The van der Waals surface area contributed by atoms with Crippen LogP contribution in [-0.4, -0.2) is 11.0 Å². The molecule has 0 bridgehead atoms. The molecule has 2 aromatic rings. The second-order valence-corrected chi connectivity index (χ2v) is 5.61. The van der Waals surface area contributed by atoms with Gasteiger partial charge in [-0.05, 0) is 37.6 Å². The van der Waals surface area contributed by atoms with Gasteiger partial charge in [-0.25, -0.2) is 0 Å². The number of phenolic OH excluding ortho intramolecular Hbond substituents is 1. The minimum absolute atomic E-state index is 0.150. The highest BCUT2D eigenvalue weighted by atomic mass is 32.1. The molecule has 0 atom stereocenters. The molecule has 1 heterocycles. The van der Waals surface area contributed by atoms with E-state index >= 15 is 0 Å². The van der Waals surface area contributed by atoms with Gasteiger partial charge >= 0.3 is 0 Å². The Bertz CT molecular complexity index is 590. The molecule has 1 aromatic heterocycles. The monoisotopic (exact) mass is 275 g/mol. The van der Waals surface area contributed by atoms with Crippen molar-refractivity contribution in [2.45, 2.75) is 26.8 Å². The van der Waals surface area contributed by atoms with Gasteiger partial charge in [0, 0.05) is 20.9 Å². The second kappa shape index (κ2) is 5.89. The van der Waals surface area contributed by atoms with Gasteiger partial charge in [0.15, 0.2) is 0 Å². The first-order chi connectivity index (χ1) is 9.11. The number of nitrogens with one attached hydrogen (secondary N) is 1. The van der Waals surface area contributed by atoms with E-state index in [1.807, 2.05) is 6.07 Å². The van der Waals surface area contributed by atoms with Gasteiger partial charge in [-0.3, -0.25) is 4.79 Å². The van der Waals surface area contributed by atoms with Crippen LogP contribution in [0.15, 0.2) is 30.3 Å². The molecule has 1 aromatic carbocycles. The maximum Gasteiger partial charge on any atom is 0.251 e. The van der Waals surface area contributed by atoms with Crippen molar-refractivity contribution in [1.82, 2.24) is 5.32 Å². The van der Waals surface area contributed by atoms with Crippen molar-refractivity contribution in [3.05, 3.63) is 51.2 Å². The molecule has 0 fully saturated rings. The van der Waals surface area contributed by atoms with Gasteiger partial charge in [0.25, 0.3) is 5.91 Å². The van der Waals surface area contributed by atoms with Crippen molar-refractivity contribution in [3.8, 4) is 5.75 Å². The number of rotatable bonds is 4. The third kappa shape index (κ3) is 3.15. The maximum atomic E-state index is 12.0. The van der Waals surface area contributed by atoms with Crippen LogP contribution in [0.3, 0.4) is 0 Å². The topological polar surface area (TPSA) is 49.3 Å². The first kappa shape index (κ1) is 13.6. The van der Waals surface area contributed by atoms with Crippen molar-refractivity contribution in [3.63, 3.8) is 0 Å². The van der Waals surface area contributed by atoms with Gasteiger partial charge in [-0.2, -0.15) is 0 Å². The molecule has 0 saturated carbocycles. The van der Waals surface area contributed by atoms with Crippen LogP contribution in [0.4, 0.5) is 0 Å². The van der Waals surface area contributed by atoms with Crippen LogP contribution in [0, 0.1) is 6.92 Å². The van der Waals surface area contributed by atoms with E-state index in [1.54, 1.807) is 36.5 Å². The lowest BCUT2D eigenvalue weighted by molar-refractivity contribution is 0.0950. The van der Waals surface area contributed by atoms with Gasteiger partial charge in [-0.1, -0.05) is 13.0 Å². The van der Waals surface area contributed by atoms with Crippen LogP contribution in [0.2, 0.25) is 0 Å². The quantitative estimate of drug-likeness (QED) is 0.900. The summed E-state index contributed by atoms with van der Waals surface area (Å²) >= 11 is 1.71. The van der Waals surface area contributed by atoms with E-state index in [0.717, 1.165) is 11.3 Å². The molecule has 3 nitrogen and oxygen atoms in total. The summed E-state index contributed by atoms with van der Waals surface area (Å²) in [5.74, 6) is -0.00288. The molecule has 0 aliphatic heterocycles. The number of hydrogen-bond acceptors (Lipinski definition) is 3. The van der Waals surface area contributed by atoms with Gasteiger partial charge in [0.2, 0.25) is 0 Å². The molecule has 1 amide bonds. The predicted octanol–water partition coefficient (Wildman–Crippen LogP) is 3.25. The lowest BCUT2D eigenvalue weighted by atomic mass is 10.1. The molecular weight excluding hydrogens is 258 g/mol. The summed E-state index contributed by atoms with van der Waals surface area (Å²) in [7, 11) is 0. The number of aromatic hydroxyl groups is 1. The van der Waals surface area contributed by atoms with Crippen molar-refractivity contribution >= 4 is 17.2 Å². The Kier molecular flexibility index (Phi) is 4.22. The second-order valence-electron chi connectivity index (χ2n) is 4.35. The van der Waals surface area contributed by atoms with Crippen molar-refractivity contribution in [2.75, 3.05) is 0 Å². The van der Waals surface area contributed by atoms with Gasteiger partial charge in [0.1, 0.15) is 5.75 Å². The van der Waals surface area contributed by atoms with E-state index < -0.39 is 0 Å². The lowest BCUT2D eigenvalue weighted by Crippen LogP contribution is -2.23. The smallest absolute Gasteiger partial charge is 0.251 e.